The van der Waals surface area contributed by atoms with Crippen molar-refractivity contribution in [3.8, 4) is 5.75 Å². The molecule has 1 aliphatic rings. The summed E-state index contributed by atoms with van der Waals surface area (Å²) in [4.78, 5) is 1.98. The van der Waals surface area contributed by atoms with Crippen LogP contribution in [-0.2, 0) is 0 Å². The Morgan fingerprint density at radius 3 is 2.05 bits per heavy atom. The van der Waals surface area contributed by atoms with Crippen LogP contribution in [0.4, 0.5) is 14.5 Å². The lowest BCUT2D eigenvalue weighted by molar-refractivity contribution is 0.423. The molecule has 2 rings (SSSR count). The smallest absolute Gasteiger partial charge is 0.250 e. The highest BCUT2D eigenvalue weighted by molar-refractivity contribution is 6.74. The molecule has 1 aliphatic heterocycles. The standard InChI is InChI=1S/C16H26F2N2OSi/c1-16(2,3)22(4,5)21-15-13(17)10-12(11-14(15)18)20-8-6-19-7-9-20/h10-11,19H,6-9H2,1-5H3. The minimum atomic E-state index is -2.27. The van der Waals surface area contributed by atoms with E-state index < -0.39 is 20.0 Å². The molecule has 1 N–H and O–H groups in total. The Balaban J connectivity index is 2.27. The van der Waals surface area contributed by atoms with E-state index in [1.807, 2.05) is 38.8 Å². The Morgan fingerprint density at radius 1 is 1.09 bits per heavy atom. The van der Waals surface area contributed by atoms with Crippen molar-refractivity contribution in [3.05, 3.63) is 23.8 Å². The molecule has 0 bridgehead atoms. The maximum Gasteiger partial charge on any atom is 0.250 e. The summed E-state index contributed by atoms with van der Waals surface area (Å²) in [6.45, 7) is 13.3. The Hall–Kier alpha value is -1.14. The molecule has 0 aliphatic carbocycles. The zero-order valence-electron chi connectivity index (χ0n) is 14.1. The van der Waals surface area contributed by atoms with Crippen LogP contribution in [0.3, 0.4) is 0 Å². The topological polar surface area (TPSA) is 24.5 Å². The molecular weight excluding hydrogens is 302 g/mol. The van der Waals surface area contributed by atoms with E-state index in [1.165, 1.54) is 12.1 Å². The molecule has 6 heteroatoms. The van der Waals surface area contributed by atoms with Gasteiger partial charge in [0.25, 0.3) is 8.32 Å². The third kappa shape index (κ3) is 3.60. The normalized spacial score (nSPS) is 16.8. The quantitative estimate of drug-likeness (QED) is 0.855. The van der Waals surface area contributed by atoms with Crippen molar-refractivity contribution >= 4 is 14.0 Å². The number of piperazine rings is 1. The van der Waals surface area contributed by atoms with Crippen molar-refractivity contribution < 1.29 is 13.2 Å². The summed E-state index contributed by atoms with van der Waals surface area (Å²) < 4.78 is 34.6. The van der Waals surface area contributed by atoms with Gasteiger partial charge in [0.2, 0.25) is 0 Å². The van der Waals surface area contributed by atoms with Gasteiger partial charge in [0.1, 0.15) is 0 Å². The van der Waals surface area contributed by atoms with Gasteiger partial charge in [0.15, 0.2) is 17.4 Å². The van der Waals surface area contributed by atoms with Crippen LogP contribution in [0.25, 0.3) is 0 Å². The maximum atomic E-state index is 14.4. The van der Waals surface area contributed by atoms with E-state index in [9.17, 15) is 8.78 Å². The van der Waals surface area contributed by atoms with Gasteiger partial charge >= 0.3 is 0 Å². The fraction of sp³-hybridized carbons (Fsp3) is 0.625. The highest BCUT2D eigenvalue weighted by Gasteiger charge is 2.40. The lowest BCUT2D eigenvalue weighted by Crippen LogP contribution is -2.44. The van der Waals surface area contributed by atoms with Crippen molar-refractivity contribution in [1.29, 1.82) is 0 Å². The number of benzene rings is 1. The van der Waals surface area contributed by atoms with Crippen LogP contribution in [0, 0.1) is 11.6 Å². The number of halogens is 2. The molecule has 1 aromatic rings. The average molecular weight is 328 g/mol. The van der Waals surface area contributed by atoms with Gasteiger partial charge in [-0.1, -0.05) is 20.8 Å². The second-order valence-electron chi connectivity index (χ2n) is 7.34. The van der Waals surface area contributed by atoms with Crippen LogP contribution in [0.15, 0.2) is 12.1 Å². The first-order valence-electron chi connectivity index (χ1n) is 7.75. The molecular formula is C16H26F2N2OSi. The third-order valence-corrected chi connectivity index (χ3v) is 8.96. The predicted octanol–water partition coefficient (Wildman–Crippen LogP) is 3.76. The minimum absolute atomic E-state index is 0.108. The molecule has 0 atom stereocenters. The Kier molecular flexibility index (Phi) is 4.82. The highest BCUT2D eigenvalue weighted by Crippen LogP contribution is 2.39. The fourth-order valence-corrected chi connectivity index (χ4v) is 3.17. The second-order valence-corrected chi connectivity index (χ2v) is 12.1. The first-order chi connectivity index (χ1) is 10.1. The highest BCUT2D eigenvalue weighted by atomic mass is 28.4. The molecule has 0 aromatic heterocycles. The summed E-state index contributed by atoms with van der Waals surface area (Å²) in [7, 11) is -2.27. The van der Waals surface area contributed by atoms with E-state index in [0.717, 1.165) is 26.2 Å². The number of hydrogen-bond donors (Lipinski definition) is 1. The van der Waals surface area contributed by atoms with Crippen LogP contribution in [0.1, 0.15) is 20.8 Å². The Morgan fingerprint density at radius 2 is 1.59 bits per heavy atom. The number of rotatable bonds is 3. The summed E-state index contributed by atoms with van der Waals surface area (Å²) in [6, 6.07) is 2.77. The van der Waals surface area contributed by atoms with Crippen LogP contribution < -0.4 is 14.6 Å². The molecule has 0 spiro atoms. The predicted molar refractivity (Wildman–Crippen MR) is 89.3 cm³/mol. The van der Waals surface area contributed by atoms with E-state index in [4.69, 9.17) is 4.43 Å². The summed E-state index contributed by atoms with van der Waals surface area (Å²) in [5, 5.41) is 3.12. The summed E-state index contributed by atoms with van der Waals surface area (Å²) in [5.74, 6) is -1.46. The molecule has 0 saturated carbocycles. The van der Waals surface area contributed by atoms with Crippen molar-refractivity contribution in [2.45, 2.75) is 38.9 Å². The first kappa shape index (κ1) is 17.2. The van der Waals surface area contributed by atoms with Gasteiger partial charge in [-0.15, -0.1) is 0 Å². The lowest BCUT2D eigenvalue weighted by Gasteiger charge is -2.37. The van der Waals surface area contributed by atoms with Gasteiger partial charge in [-0.25, -0.2) is 8.78 Å². The van der Waals surface area contributed by atoms with Gasteiger partial charge in [0, 0.05) is 44.0 Å². The van der Waals surface area contributed by atoms with Crippen molar-refractivity contribution in [2.24, 2.45) is 0 Å². The van der Waals surface area contributed by atoms with Crippen molar-refractivity contribution in [3.63, 3.8) is 0 Å². The number of hydrogen-bond acceptors (Lipinski definition) is 3. The summed E-state index contributed by atoms with van der Waals surface area (Å²) >= 11 is 0. The average Bonchev–Trinajstić information content (AvgIpc) is 2.42. The van der Waals surface area contributed by atoms with Crippen molar-refractivity contribution in [1.82, 2.24) is 5.32 Å². The largest absolute Gasteiger partial charge is 0.540 e. The van der Waals surface area contributed by atoms with Crippen LogP contribution in [-0.4, -0.2) is 34.5 Å². The molecule has 0 amide bonds. The van der Waals surface area contributed by atoms with Crippen molar-refractivity contribution in [2.75, 3.05) is 31.1 Å². The second kappa shape index (κ2) is 6.16. The zero-order valence-corrected chi connectivity index (χ0v) is 15.1. The van der Waals surface area contributed by atoms with E-state index >= 15 is 0 Å². The molecule has 1 heterocycles. The van der Waals surface area contributed by atoms with E-state index in [2.05, 4.69) is 5.32 Å². The zero-order chi connectivity index (χ0) is 16.5. The molecule has 3 nitrogen and oxygen atoms in total. The summed E-state index contributed by atoms with van der Waals surface area (Å²) in [5.41, 5.74) is 0.582. The van der Waals surface area contributed by atoms with Gasteiger partial charge in [-0.05, 0) is 18.1 Å². The van der Waals surface area contributed by atoms with E-state index in [0.29, 0.717) is 5.69 Å². The third-order valence-electron chi connectivity index (χ3n) is 4.63. The van der Waals surface area contributed by atoms with E-state index in [1.54, 1.807) is 0 Å². The molecule has 0 unspecified atom stereocenters. The van der Waals surface area contributed by atoms with Gasteiger partial charge in [-0.2, -0.15) is 0 Å². The number of anilines is 1. The molecule has 124 valence electrons. The maximum absolute atomic E-state index is 14.4. The lowest BCUT2D eigenvalue weighted by atomic mass is 10.2. The summed E-state index contributed by atoms with van der Waals surface area (Å²) in [6.07, 6.45) is 0. The SMILES string of the molecule is CC(C)(C)[Si](C)(C)Oc1c(F)cc(N2CCNCC2)cc1F. The van der Waals surface area contributed by atoms with Crippen LogP contribution in [0.5, 0.6) is 5.75 Å². The Bertz CT molecular complexity index is 514. The monoisotopic (exact) mass is 328 g/mol. The minimum Gasteiger partial charge on any atom is -0.540 e. The van der Waals surface area contributed by atoms with Gasteiger partial charge in [-0.3, -0.25) is 0 Å². The van der Waals surface area contributed by atoms with Crippen LogP contribution >= 0.6 is 0 Å². The van der Waals surface area contributed by atoms with E-state index in [-0.39, 0.29) is 10.8 Å². The van der Waals surface area contributed by atoms with Gasteiger partial charge in [0.05, 0.1) is 0 Å². The molecule has 1 aromatic carbocycles. The Labute approximate surface area is 132 Å². The first-order valence-corrected chi connectivity index (χ1v) is 10.7. The molecule has 0 radical (unpaired) electrons. The van der Waals surface area contributed by atoms with Crippen LogP contribution in [0.2, 0.25) is 18.1 Å². The molecule has 1 fully saturated rings. The fourth-order valence-electron chi connectivity index (χ4n) is 2.16. The number of nitrogens with zero attached hydrogens (tertiary/aromatic N) is 1. The molecule has 22 heavy (non-hydrogen) atoms. The van der Waals surface area contributed by atoms with Gasteiger partial charge < -0.3 is 14.6 Å². The number of nitrogens with one attached hydrogen (secondary N) is 1. The molecule has 1 saturated heterocycles.